The molecule has 0 saturated heterocycles. The van der Waals surface area contributed by atoms with Gasteiger partial charge in [0.2, 0.25) is 0 Å². The Labute approximate surface area is 243 Å². The van der Waals surface area contributed by atoms with E-state index in [4.69, 9.17) is 9.84 Å². The minimum absolute atomic E-state index is 0.00860. The van der Waals surface area contributed by atoms with Crippen LogP contribution in [0.5, 0.6) is 0 Å². The number of rotatable bonds is 32. The van der Waals surface area contributed by atoms with Crippen LogP contribution in [0.2, 0.25) is 0 Å². The van der Waals surface area contributed by atoms with Crippen molar-refractivity contribution in [1.82, 2.24) is 0 Å². The molecule has 0 amide bonds. The topological polar surface area (TPSA) is 63.6 Å². The van der Waals surface area contributed by atoms with E-state index in [0.29, 0.717) is 19.4 Å². The summed E-state index contributed by atoms with van der Waals surface area (Å²) < 4.78 is 5.41. The summed E-state index contributed by atoms with van der Waals surface area (Å²) in [5.41, 5.74) is 0. The first kappa shape index (κ1) is 37.7. The predicted molar refractivity (Wildman–Crippen MR) is 167 cm³/mol. The van der Waals surface area contributed by atoms with Gasteiger partial charge in [0.1, 0.15) is 0 Å². The fraction of sp³-hybridized carbons (Fsp3) is 0.886. The van der Waals surface area contributed by atoms with Crippen LogP contribution in [0.1, 0.15) is 193 Å². The Hall–Kier alpha value is -1.32. The minimum Gasteiger partial charge on any atom is -0.481 e. The second-order valence-corrected chi connectivity index (χ2v) is 11.6. The monoisotopic (exact) mass is 550 g/mol. The van der Waals surface area contributed by atoms with Crippen molar-refractivity contribution in [1.29, 1.82) is 0 Å². The average molecular weight is 551 g/mol. The quantitative estimate of drug-likeness (QED) is 0.0514. The smallest absolute Gasteiger partial charge is 0.305 e. The number of hydrogen-bond acceptors (Lipinski definition) is 3. The molecule has 0 aliphatic rings. The molecule has 0 atom stereocenters. The van der Waals surface area contributed by atoms with Gasteiger partial charge in [-0.05, 0) is 44.9 Å². The molecular formula is C35H66O4. The molecule has 0 spiro atoms. The SMILES string of the molecule is CCCCCCCC/C=C\CCCCCCCCCC(=O)OCCCCCCCCCCCCCCC(=O)O. The summed E-state index contributed by atoms with van der Waals surface area (Å²) in [5, 5.41) is 8.62. The van der Waals surface area contributed by atoms with Crippen molar-refractivity contribution in [2.24, 2.45) is 0 Å². The Balaban J connectivity index is 3.20. The largest absolute Gasteiger partial charge is 0.481 e. The van der Waals surface area contributed by atoms with E-state index in [1.807, 2.05) is 0 Å². The van der Waals surface area contributed by atoms with Gasteiger partial charge in [-0.3, -0.25) is 9.59 Å². The maximum absolute atomic E-state index is 11.9. The summed E-state index contributed by atoms with van der Waals surface area (Å²) >= 11 is 0. The van der Waals surface area contributed by atoms with Crippen LogP contribution in [0.3, 0.4) is 0 Å². The maximum atomic E-state index is 11.9. The number of unbranched alkanes of at least 4 members (excludes halogenated alkanes) is 24. The van der Waals surface area contributed by atoms with Crippen LogP contribution < -0.4 is 0 Å². The second kappa shape index (κ2) is 32.9. The summed E-state index contributed by atoms with van der Waals surface area (Å²) in [4.78, 5) is 22.4. The number of allylic oxidation sites excluding steroid dienone is 2. The Morgan fingerprint density at radius 2 is 0.846 bits per heavy atom. The zero-order chi connectivity index (χ0) is 28.5. The standard InChI is InChI=1S/C35H66O4/c1-2-3-4-5-6-7-8-9-10-11-12-13-17-20-23-26-29-32-35(38)39-33-30-27-24-21-18-15-14-16-19-22-25-28-31-34(36)37/h9-10H,2-8,11-33H2,1H3,(H,36,37)/b10-9-. The van der Waals surface area contributed by atoms with E-state index in [2.05, 4.69) is 19.1 Å². The molecule has 4 nitrogen and oxygen atoms in total. The summed E-state index contributed by atoms with van der Waals surface area (Å²) in [5.74, 6) is -0.682. The van der Waals surface area contributed by atoms with Gasteiger partial charge in [0.05, 0.1) is 6.61 Å². The third kappa shape index (κ3) is 34.7. The summed E-state index contributed by atoms with van der Waals surface area (Å²) in [6, 6.07) is 0. The molecule has 0 aromatic heterocycles. The summed E-state index contributed by atoms with van der Waals surface area (Å²) in [7, 11) is 0. The Morgan fingerprint density at radius 3 is 1.28 bits per heavy atom. The Morgan fingerprint density at radius 1 is 0.487 bits per heavy atom. The molecule has 0 aromatic carbocycles. The molecule has 230 valence electrons. The minimum atomic E-state index is -0.674. The van der Waals surface area contributed by atoms with Crippen LogP contribution in [-0.4, -0.2) is 23.7 Å². The predicted octanol–water partition coefficient (Wildman–Crippen LogP) is 11.5. The molecule has 0 aromatic rings. The molecule has 0 saturated carbocycles. The van der Waals surface area contributed by atoms with Crippen molar-refractivity contribution in [3.63, 3.8) is 0 Å². The third-order valence-corrected chi connectivity index (χ3v) is 7.69. The van der Waals surface area contributed by atoms with Gasteiger partial charge in [0.15, 0.2) is 0 Å². The lowest BCUT2D eigenvalue weighted by Gasteiger charge is -2.06. The average Bonchev–Trinajstić information content (AvgIpc) is 2.92. The molecule has 0 radical (unpaired) electrons. The Bertz CT molecular complexity index is 543. The first-order chi connectivity index (χ1) is 19.2. The van der Waals surface area contributed by atoms with Crippen LogP contribution in [0, 0.1) is 0 Å². The number of esters is 1. The molecule has 0 fully saturated rings. The van der Waals surface area contributed by atoms with Gasteiger partial charge in [0.25, 0.3) is 0 Å². The van der Waals surface area contributed by atoms with E-state index in [-0.39, 0.29) is 5.97 Å². The summed E-state index contributed by atoms with van der Waals surface area (Å²) in [6.45, 7) is 2.87. The summed E-state index contributed by atoms with van der Waals surface area (Å²) in [6.07, 6.45) is 39.3. The highest BCUT2D eigenvalue weighted by Crippen LogP contribution is 2.14. The van der Waals surface area contributed by atoms with Crippen molar-refractivity contribution >= 4 is 11.9 Å². The molecule has 0 bridgehead atoms. The lowest BCUT2D eigenvalue weighted by Crippen LogP contribution is -2.05. The molecule has 0 heterocycles. The fourth-order valence-corrected chi connectivity index (χ4v) is 5.10. The third-order valence-electron chi connectivity index (χ3n) is 7.69. The van der Waals surface area contributed by atoms with Crippen LogP contribution in [0.4, 0.5) is 0 Å². The number of aliphatic carboxylic acids is 1. The first-order valence-electron chi connectivity index (χ1n) is 17.2. The molecule has 39 heavy (non-hydrogen) atoms. The van der Waals surface area contributed by atoms with Gasteiger partial charge < -0.3 is 9.84 Å². The zero-order valence-corrected chi connectivity index (χ0v) is 26.0. The van der Waals surface area contributed by atoms with Crippen molar-refractivity contribution < 1.29 is 19.4 Å². The van der Waals surface area contributed by atoms with Crippen LogP contribution in [-0.2, 0) is 14.3 Å². The fourth-order valence-electron chi connectivity index (χ4n) is 5.10. The molecule has 4 heteroatoms. The van der Waals surface area contributed by atoms with E-state index in [0.717, 1.165) is 38.5 Å². The van der Waals surface area contributed by atoms with Crippen LogP contribution in [0.15, 0.2) is 12.2 Å². The van der Waals surface area contributed by atoms with Crippen molar-refractivity contribution in [2.75, 3.05) is 6.61 Å². The van der Waals surface area contributed by atoms with Gasteiger partial charge >= 0.3 is 11.9 Å². The molecule has 0 aliphatic heterocycles. The van der Waals surface area contributed by atoms with E-state index in [1.54, 1.807) is 0 Å². The number of hydrogen-bond donors (Lipinski definition) is 1. The number of carboxylic acid groups (broad SMARTS) is 1. The Kier molecular flexibility index (Phi) is 31.8. The highest BCUT2D eigenvalue weighted by Gasteiger charge is 2.03. The number of carbonyl (C=O) groups excluding carboxylic acids is 1. The highest BCUT2D eigenvalue weighted by atomic mass is 16.5. The van der Waals surface area contributed by atoms with E-state index in [1.165, 1.54) is 135 Å². The molecule has 1 N–H and O–H groups in total. The molecule has 0 unspecified atom stereocenters. The van der Waals surface area contributed by atoms with E-state index in [9.17, 15) is 9.59 Å². The second-order valence-electron chi connectivity index (χ2n) is 11.6. The highest BCUT2D eigenvalue weighted by molar-refractivity contribution is 5.69. The molecular weight excluding hydrogens is 484 g/mol. The van der Waals surface area contributed by atoms with Gasteiger partial charge in [-0.15, -0.1) is 0 Å². The van der Waals surface area contributed by atoms with Crippen LogP contribution in [0.25, 0.3) is 0 Å². The van der Waals surface area contributed by atoms with Crippen molar-refractivity contribution in [3.05, 3.63) is 12.2 Å². The van der Waals surface area contributed by atoms with E-state index >= 15 is 0 Å². The van der Waals surface area contributed by atoms with Crippen molar-refractivity contribution in [2.45, 2.75) is 193 Å². The van der Waals surface area contributed by atoms with Gasteiger partial charge in [0, 0.05) is 12.8 Å². The number of ether oxygens (including phenoxy) is 1. The zero-order valence-electron chi connectivity index (χ0n) is 26.0. The first-order valence-corrected chi connectivity index (χ1v) is 17.2. The van der Waals surface area contributed by atoms with Gasteiger partial charge in [-0.1, -0.05) is 147 Å². The number of carboxylic acids is 1. The number of carbonyl (C=O) groups is 2. The molecule has 0 aliphatic carbocycles. The lowest BCUT2D eigenvalue weighted by atomic mass is 10.0. The van der Waals surface area contributed by atoms with Gasteiger partial charge in [-0.2, -0.15) is 0 Å². The lowest BCUT2D eigenvalue weighted by molar-refractivity contribution is -0.144. The van der Waals surface area contributed by atoms with E-state index < -0.39 is 5.97 Å². The maximum Gasteiger partial charge on any atom is 0.305 e. The normalized spacial score (nSPS) is 11.4. The van der Waals surface area contributed by atoms with Gasteiger partial charge in [-0.25, -0.2) is 0 Å². The van der Waals surface area contributed by atoms with Crippen LogP contribution >= 0.6 is 0 Å². The van der Waals surface area contributed by atoms with Crippen molar-refractivity contribution in [3.8, 4) is 0 Å². The molecule has 0 rings (SSSR count).